The number of hydrogen-bond acceptors (Lipinski definition) is 23. The van der Waals surface area contributed by atoms with Gasteiger partial charge in [-0.1, -0.05) is 146 Å². The first-order chi connectivity index (χ1) is 41.1. The van der Waals surface area contributed by atoms with Crippen LogP contribution in [0.1, 0.15) is 187 Å². The summed E-state index contributed by atoms with van der Waals surface area (Å²) in [5.41, 5.74) is 8.12. The summed E-state index contributed by atoms with van der Waals surface area (Å²) < 4.78 is 51.2. The fraction of sp³-hybridized carbons (Fsp3) is 0.452. The molecule has 0 radical (unpaired) electrons. The summed E-state index contributed by atoms with van der Waals surface area (Å²) in [6, 6.07) is 22.2. The van der Waals surface area contributed by atoms with E-state index >= 15 is 0 Å². The summed E-state index contributed by atoms with van der Waals surface area (Å²) in [5.74, 6) is 2.35. The number of halogens is 1. The third-order valence-electron chi connectivity index (χ3n) is 13.0. The van der Waals surface area contributed by atoms with E-state index in [1.807, 2.05) is 76.2 Å². The molecule has 23 nitrogen and oxygen atoms in total. The summed E-state index contributed by atoms with van der Waals surface area (Å²) in [7, 11) is 1.61. The Labute approximate surface area is 508 Å². The zero-order valence-electron chi connectivity index (χ0n) is 52.4. The highest BCUT2D eigenvalue weighted by molar-refractivity contribution is 6.30. The van der Waals surface area contributed by atoms with Crippen molar-refractivity contribution in [1.82, 2.24) is 61.5 Å². The van der Waals surface area contributed by atoms with Crippen molar-refractivity contribution in [3.05, 3.63) is 193 Å². The predicted molar refractivity (Wildman–Crippen MR) is 321 cm³/mol. The molecule has 0 spiro atoms. The highest BCUT2D eigenvalue weighted by Gasteiger charge is 2.27. The zero-order chi connectivity index (χ0) is 63.3. The van der Waals surface area contributed by atoms with Gasteiger partial charge in [-0.15, -0.1) is 0 Å². The first kappa shape index (κ1) is 71.7. The molecule has 466 valence electrons. The van der Waals surface area contributed by atoms with E-state index in [4.69, 9.17) is 29.9 Å². The Balaban J connectivity index is 0.000000252. The van der Waals surface area contributed by atoms with E-state index < -0.39 is 5.60 Å². The summed E-state index contributed by atoms with van der Waals surface area (Å²) in [4.78, 5) is 7.75. The van der Waals surface area contributed by atoms with Crippen LogP contribution in [0.4, 0.5) is 0 Å². The summed E-state index contributed by atoms with van der Waals surface area (Å²) in [5, 5.41) is 37.8. The molecule has 0 atom stereocenters. The second-order valence-electron chi connectivity index (χ2n) is 21.6. The van der Waals surface area contributed by atoms with Gasteiger partial charge in [-0.3, -0.25) is 0 Å². The normalized spacial score (nSPS) is 11.5. The lowest BCUT2D eigenvalue weighted by atomic mass is 9.82. The van der Waals surface area contributed by atoms with Crippen molar-refractivity contribution in [2.24, 2.45) is 0 Å². The molecule has 0 unspecified atom stereocenters. The molecule has 1 aromatic carbocycles. The van der Waals surface area contributed by atoms with Gasteiger partial charge in [0.25, 0.3) is 0 Å². The number of nitrogens with zero attached hydrogens (tertiary/aromatic N) is 12. The van der Waals surface area contributed by atoms with Crippen molar-refractivity contribution < 1.29 is 50.0 Å². The van der Waals surface area contributed by atoms with Gasteiger partial charge >= 0.3 is 0 Å². The van der Waals surface area contributed by atoms with Gasteiger partial charge < -0.3 is 50.0 Å². The van der Waals surface area contributed by atoms with E-state index in [0.717, 1.165) is 77.0 Å². The van der Waals surface area contributed by atoms with Crippen LogP contribution in [0.2, 0.25) is 5.02 Å². The molecule has 10 aromatic heterocycles. The zero-order valence-corrected chi connectivity index (χ0v) is 53.2. The predicted octanol–water partition coefficient (Wildman–Crippen LogP) is 16.7. The van der Waals surface area contributed by atoms with Crippen molar-refractivity contribution in [1.29, 1.82) is 0 Å². The van der Waals surface area contributed by atoms with Gasteiger partial charge in [-0.2, -0.15) is 9.97 Å². The van der Waals surface area contributed by atoms with E-state index in [-0.39, 0.29) is 16.2 Å². The van der Waals surface area contributed by atoms with Gasteiger partial charge in [0.2, 0.25) is 24.4 Å². The monoisotopic (exact) mass is 1210 g/mol. The Bertz CT molecular complexity index is 3060. The molecule has 10 heterocycles. The Morgan fingerprint density at radius 3 is 1.42 bits per heavy atom. The van der Waals surface area contributed by atoms with Gasteiger partial charge in [0.15, 0.2) is 0 Å². The Morgan fingerprint density at radius 1 is 0.535 bits per heavy atom. The van der Waals surface area contributed by atoms with Crippen molar-refractivity contribution in [2.75, 3.05) is 7.11 Å². The van der Waals surface area contributed by atoms with Gasteiger partial charge in [-0.25, -0.2) is 0 Å². The van der Waals surface area contributed by atoms with Gasteiger partial charge in [0.1, 0.15) is 55.7 Å². The van der Waals surface area contributed by atoms with Crippen molar-refractivity contribution in [3.8, 4) is 11.4 Å². The quantitative estimate of drug-likeness (QED) is 0.116. The van der Waals surface area contributed by atoms with Gasteiger partial charge in [0.05, 0.1) is 46.1 Å². The van der Waals surface area contributed by atoms with Crippen LogP contribution >= 0.6 is 11.6 Å². The number of aromatic nitrogens is 12. The molecule has 86 heavy (non-hydrogen) atoms. The number of methoxy groups -OCH3 is 1. The molecule has 11 aromatic rings. The van der Waals surface area contributed by atoms with E-state index in [1.54, 1.807) is 81.4 Å². The van der Waals surface area contributed by atoms with Crippen LogP contribution in [0, 0.1) is 6.92 Å². The Morgan fingerprint density at radius 2 is 1.08 bits per heavy atom. The largest absolute Gasteiger partial charge is 0.371 e. The highest BCUT2D eigenvalue weighted by atomic mass is 35.5. The van der Waals surface area contributed by atoms with Crippen LogP contribution in [0.3, 0.4) is 0 Å². The summed E-state index contributed by atoms with van der Waals surface area (Å²) in [6.07, 6.45) is 23.7. The third kappa shape index (κ3) is 27.9. The smallest absolute Gasteiger partial charge is 0.214 e. The fourth-order valence-electron chi connectivity index (χ4n) is 6.10. The highest BCUT2D eigenvalue weighted by Crippen LogP contribution is 2.38. The number of hydrogen-bond donors (Lipinski definition) is 0. The Hall–Kier alpha value is -8.57. The molecule has 1 aliphatic rings. The first-order valence-electron chi connectivity index (χ1n) is 28.1. The molecule has 1 saturated carbocycles. The number of benzene rings is 1. The average Bonchev–Trinajstić information content (AvgIpc) is 4.52. The molecule has 0 amide bonds. The van der Waals surface area contributed by atoms with Crippen LogP contribution in [0.5, 0.6) is 0 Å². The maximum Gasteiger partial charge on any atom is 0.214 e. The molecule has 12 rings (SSSR count). The molecular weight excluding hydrogens is 1120 g/mol. The lowest BCUT2D eigenvalue weighted by molar-refractivity contribution is 0.00973. The maximum absolute atomic E-state index is 5.71. The van der Waals surface area contributed by atoms with E-state index in [2.05, 4.69) is 169 Å². The number of aryl methyl sites for hydroxylation is 2. The summed E-state index contributed by atoms with van der Waals surface area (Å²) in [6.45, 7) is 31.2. The van der Waals surface area contributed by atoms with E-state index in [0.29, 0.717) is 22.6 Å². The molecule has 0 saturated heterocycles. The molecule has 0 bridgehead atoms. The van der Waals surface area contributed by atoms with E-state index in [9.17, 15) is 0 Å². The fourth-order valence-corrected chi connectivity index (χ4v) is 6.23. The molecule has 1 aliphatic carbocycles. The maximum atomic E-state index is 5.71. The minimum absolute atomic E-state index is 0.118. The van der Waals surface area contributed by atoms with Crippen LogP contribution in [-0.4, -0.2) is 68.6 Å². The van der Waals surface area contributed by atoms with Gasteiger partial charge in [-0.05, 0) is 95.5 Å². The average molecular weight is 1210 g/mol. The molecule has 1 fully saturated rings. The number of rotatable bonds is 11. The Kier molecular flexibility index (Phi) is 32.0. The van der Waals surface area contributed by atoms with Crippen LogP contribution in [-0.2, 0) is 33.0 Å². The van der Waals surface area contributed by atoms with Crippen LogP contribution in [0.15, 0.2) is 187 Å². The van der Waals surface area contributed by atoms with Crippen LogP contribution < -0.4 is 0 Å². The summed E-state index contributed by atoms with van der Waals surface area (Å²) >= 11 is 5.71. The molecule has 24 heteroatoms. The SMILES string of the molecule is CC(C)(C)c1ccon1.CC(C)c1ccon1.CCC(C)(C)c1ccon1.CCC(C)(CC)c1ccon1.CCc1ccon1.COC(C)(C)c1ncon1.Cc1ccon1.Clc1ccc(-c2ncon2)cc1.c1cc(C2CC2)no1.c1cnoc1. The third-order valence-corrected chi connectivity index (χ3v) is 13.2. The molecule has 0 N–H and O–H groups in total. The molecule has 0 aliphatic heterocycles. The lowest BCUT2D eigenvalue weighted by Gasteiger charge is -2.22. The first-order valence-corrected chi connectivity index (χ1v) is 28.5. The minimum atomic E-state index is -0.451. The standard InChI is InChI=1S/C9H15NO.C8H5ClN2O.C8H13NO.C7H11NO.C6H10N2O2.C6H7NO.C6H9NO.C5H7NO.C4H5NO.C3H3NO/c1-4-9(3,5-2)8-6-7-11-10-8;9-7-3-1-6(2-4-7)8-10-5-12-11-8;1-4-8(2,3)7-5-6-10-9-7;1-7(2,3)6-4-5-9-8-6;1-6(2,9-3)5-7-4-10-8-5;1-2-5(1)6-3-4-8-7-6;1-5(2)6-3-4-8-7-6;1-2-5-3-4-7-6-5;1-4-2-3-6-5-4;1-2-4-5-3-1/h6-7H,4-5H2,1-3H3;1-5H;5-6H,4H2,1-3H3;4-5H,1-3H3;4H,1-3H3;3-5H,1-2H2;3-5H,1-2H3;3-4H,2H2,1H3;2-3H,1H3;1-3H. The lowest BCUT2D eigenvalue weighted by Crippen LogP contribution is -2.20. The topological polar surface area (TPSA) is 295 Å². The second-order valence-corrected chi connectivity index (χ2v) is 22.0. The van der Waals surface area contributed by atoms with Crippen molar-refractivity contribution in [3.63, 3.8) is 0 Å². The second kappa shape index (κ2) is 38.4. The minimum Gasteiger partial charge on any atom is -0.371 e. The van der Waals surface area contributed by atoms with Gasteiger partial charge in [0, 0.05) is 82.3 Å². The molecular formula is C62H85ClN12O11. The van der Waals surface area contributed by atoms with Crippen molar-refractivity contribution in [2.45, 2.75) is 176 Å². The number of ether oxygens (including phenoxy) is 1. The van der Waals surface area contributed by atoms with Crippen LogP contribution in [0.25, 0.3) is 11.4 Å². The van der Waals surface area contributed by atoms with E-state index in [1.165, 1.54) is 31.9 Å². The van der Waals surface area contributed by atoms with Crippen molar-refractivity contribution >= 4 is 11.6 Å².